The maximum Gasteiger partial charge on any atom is 0.347 e. The fourth-order valence-corrected chi connectivity index (χ4v) is 3.42. The van der Waals surface area contributed by atoms with Crippen LogP contribution in [0, 0.1) is 6.92 Å². The van der Waals surface area contributed by atoms with Gasteiger partial charge in [-0.05, 0) is 35.7 Å². The predicted molar refractivity (Wildman–Crippen MR) is 110 cm³/mol. The first-order chi connectivity index (χ1) is 13.0. The van der Waals surface area contributed by atoms with E-state index in [4.69, 9.17) is 0 Å². The van der Waals surface area contributed by atoms with Crippen molar-refractivity contribution in [2.45, 2.75) is 19.3 Å². The molecule has 5 nitrogen and oxygen atoms in total. The van der Waals surface area contributed by atoms with Gasteiger partial charge in [0.15, 0.2) is 0 Å². The molecule has 3 aromatic rings. The summed E-state index contributed by atoms with van der Waals surface area (Å²) in [6.07, 6.45) is 3.57. The van der Waals surface area contributed by atoms with Crippen LogP contribution in [-0.2, 0) is 7.05 Å². The minimum atomic E-state index is -0.348. The highest BCUT2D eigenvalue weighted by molar-refractivity contribution is 9.10. The maximum atomic E-state index is 11.6. The van der Waals surface area contributed by atoms with E-state index in [1.807, 2.05) is 24.3 Å². The molecule has 0 saturated heterocycles. The Morgan fingerprint density at radius 2 is 1.93 bits per heavy atom. The fourth-order valence-electron chi connectivity index (χ4n) is 3.15. The van der Waals surface area contributed by atoms with Gasteiger partial charge in [-0.2, -0.15) is 0 Å². The third-order valence-corrected chi connectivity index (χ3v) is 5.16. The summed E-state index contributed by atoms with van der Waals surface area (Å²) in [7, 11) is 1.63. The lowest BCUT2D eigenvalue weighted by Crippen LogP contribution is -2.21. The molecule has 138 valence electrons. The lowest BCUT2D eigenvalue weighted by Gasteiger charge is -2.21. The van der Waals surface area contributed by atoms with Crippen LogP contribution in [0.4, 0.5) is 0 Å². The first-order valence-electron chi connectivity index (χ1n) is 8.54. The van der Waals surface area contributed by atoms with Crippen LogP contribution in [0.1, 0.15) is 34.6 Å². The average Bonchev–Trinajstić information content (AvgIpc) is 2.67. The number of rotatable bonds is 5. The third-order valence-electron chi connectivity index (χ3n) is 4.64. The van der Waals surface area contributed by atoms with Gasteiger partial charge in [-0.1, -0.05) is 57.5 Å². The molecule has 1 heterocycles. The SMILES string of the molecule is Cc1ccccc1C(C/C(=N/O)c1cnc(=O)n(C)c1)c1ccc(Br)cc1. The molecule has 0 saturated carbocycles. The molecule has 2 aromatic carbocycles. The molecular formula is C21H20BrN3O2. The van der Waals surface area contributed by atoms with E-state index in [1.54, 1.807) is 13.2 Å². The van der Waals surface area contributed by atoms with Gasteiger partial charge in [0.05, 0.1) is 5.71 Å². The van der Waals surface area contributed by atoms with Crippen LogP contribution in [0.3, 0.4) is 0 Å². The molecular weight excluding hydrogens is 406 g/mol. The molecule has 3 rings (SSSR count). The minimum absolute atomic E-state index is 0.00225. The average molecular weight is 426 g/mol. The Kier molecular flexibility index (Phi) is 5.86. The molecule has 1 unspecified atom stereocenters. The Labute approximate surface area is 166 Å². The van der Waals surface area contributed by atoms with E-state index < -0.39 is 0 Å². The van der Waals surface area contributed by atoms with Crippen LogP contribution in [0.5, 0.6) is 0 Å². The van der Waals surface area contributed by atoms with Crippen LogP contribution in [0.25, 0.3) is 0 Å². The van der Waals surface area contributed by atoms with Crippen molar-refractivity contribution < 1.29 is 5.21 Å². The molecule has 0 aliphatic rings. The second-order valence-corrected chi connectivity index (χ2v) is 7.36. The highest BCUT2D eigenvalue weighted by Crippen LogP contribution is 2.32. The molecule has 0 radical (unpaired) electrons. The molecule has 0 aliphatic carbocycles. The van der Waals surface area contributed by atoms with Crippen molar-refractivity contribution in [1.29, 1.82) is 0 Å². The van der Waals surface area contributed by atoms with Gasteiger partial charge in [-0.15, -0.1) is 0 Å². The van der Waals surface area contributed by atoms with E-state index in [9.17, 15) is 10.0 Å². The standard InChI is InChI=1S/C21H20BrN3O2/c1-14-5-3-4-6-18(14)19(15-7-9-17(22)10-8-15)11-20(24-27)16-12-23-21(26)25(2)13-16/h3-10,12-13,19,27H,11H2,1-2H3/b24-20-. The van der Waals surface area contributed by atoms with Crippen molar-refractivity contribution in [3.63, 3.8) is 0 Å². The summed E-state index contributed by atoms with van der Waals surface area (Å²) in [5.74, 6) is 0.00225. The van der Waals surface area contributed by atoms with Crippen LogP contribution in [-0.4, -0.2) is 20.5 Å². The molecule has 0 bridgehead atoms. The second kappa shape index (κ2) is 8.31. The maximum absolute atomic E-state index is 11.6. The van der Waals surface area contributed by atoms with Crippen LogP contribution in [0.2, 0.25) is 0 Å². The van der Waals surface area contributed by atoms with Gasteiger partial charge in [0.1, 0.15) is 0 Å². The highest BCUT2D eigenvalue weighted by atomic mass is 79.9. The predicted octanol–water partition coefficient (Wildman–Crippen LogP) is 4.25. The Morgan fingerprint density at radius 3 is 2.56 bits per heavy atom. The van der Waals surface area contributed by atoms with Crippen molar-refractivity contribution in [3.8, 4) is 0 Å². The van der Waals surface area contributed by atoms with E-state index in [0.717, 1.165) is 10.0 Å². The number of hydrogen-bond acceptors (Lipinski definition) is 4. The lowest BCUT2D eigenvalue weighted by atomic mass is 9.84. The van der Waals surface area contributed by atoms with Crippen molar-refractivity contribution in [1.82, 2.24) is 9.55 Å². The van der Waals surface area contributed by atoms with Gasteiger partial charge < -0.3 is 9.77 Å². The van der Waals surface area contributed by atoms with Crippen LogP contribution in [0.15, 0.2) is 75.3 Å². The number of halogens is 1. The molecule has 1 N–H and O–H groups in total. The van der Waals surface area contributed by atoms with Gasteiger partial charge in [0, 0.05) is 41.8 Å². The van der Waals surface area contributed by atoms with E-state index in [2.05, 4.69) is 57.3 Å². The minimum Gasteiger partial charge on any atom is -0.411 e. The molecule has 1 aromatic heterocycles. The molecule has 0 amide bonds. The molecule has 6 heteroatoms. The van der Waals surface area contributed by atoms with Crippen LogP contribution >= 0.6 is 15.9 Å². The van der Waals surface area contributed by atoms with Crippen LogP contribution < -0.4 is 5.69 Å². The summed E-state index contributed by atoms with van der Waals surface area (Å²) < 4.78 is 2.39. The zero-order chi connectivity index (χ0) is 19.4. The zero-order valence-electron chi connectivity index (χ0n) is 15.1. The molecule has 27 heavy (non-hydrogen) atoms. The van der Waals surface area contributed by atoms with Crippen molar-refractivity contribution in [2.24, 2.45) is 12.2 Å². The molecule has 0 spiro atoms. The van der Waals surface area contributed by atoms with Gasteiger partial charge in [-0.3, -0.25) is 0 Å². The molecule has 0 aliphatic heterocycles. The van der Waals surface area contributed by atoms with E-state index in [1.165, 1.54) is 21.9 Å². The number of nitrogens with zero attached hydrogens (tertiary/aromatic N) is 3. The summed E-state index contributed by atoms with van der Waals surface area (Å²) in [5.41, 5.74) is 4.20. The topological polar surface area (TPSA) is 67.5 Å². The van der Waals surface area contributed by atoms with E-state index in [-0.39, 0.29) is 11.6 Å². The summed E-state index contributed by atoms with van der Waals surface area (Å²) in [5, 5.41) is 13.2. The number of hydrogen-bond donors (Lipinski definition) is 1. The van der Waals surface area contributed by atoms with E-state index >= 15 is 0 Å². The molecule has 0 fully saturated rings. The summed E-state index contributed by atoms with van der Waals surface area (Å²) in [6.45, 7) is 2.07. The Morgan fingerprint density at radius 1 is 1.22 bits per heavy atom. The van der Waals surface area contributed by atoms with Gasteiger partial charge >= 0.3 is 5.69 Å². The first kappa shape index (κ1) is 19.0. The number of oxime groups is 1. The Hall–Kier alpha value is -2.73. The van der Waals surface area contributed by atoms with Gasteiger partial charge in [0.2, 0.25) is 0 Å². The number of benzene rings is 2. The Bertz CT molecular complexity index is 1030. The first-order valence-corrected chi connectivity index (χ1v) is 9.34. The van der Waals surface area contributed by atoms with Crippen molar-refractivity contribution in [3.05, 3.63) is 98.1 Å². The Balaban J connectivity index is 2.04. The number of aromatic nitrogens is 2. The zero-order valence-corrected chi connectivity index (χ0v) is 16.7. The van der Waals surface area contributed by atoms with Crippen molar-refractivity contribution in [2.75, 3.05) is 0 Å². The highest BCUT2D eigenvalue weighted by Gasteiger charge is 2.20. The summed E-state index contributed by atoms with van der Waals surface area (Å²) in [4.78, 5) is 15.4. The third kappa shape index (κ3) is 4.34. The summed E-state index contributed by atoms with van der Waals surface area (Å²) in [6, 6.07) is 16.3. The smallest absolute Gasteiger partial charge is 0.347 e. The van der Waals surface area contributed by atoms with E-state index in [0.29, 0.717) is 17.7 Å². The largest absolute Gasteiger partial charge is 0.411 e. The van der Waals surface area contributed by atoms with Crippen molar-refractivity contribution >= 4 is 21.6 Å². The summed E-state index contributed by atoms with van der Waals surface area (Å²) >= 11 is 3.48. The van der Waals surface area contributed by atoms with Gasteiger partial charge in [-0.25, -0.2) is 9.78 Å². The fraction of sp³-hybridized carbons (Fsp3) is 0.190. The number of aryl methyl sites for hydroxylation is 2. The monoisotopic (exact) mass is 425 g/mol. The van der Waals surface area contributed by atoms with Gasteiger partial charge in [0.25, 0.3) is 0 Å². The quantitative estimate of drug-likeness (QED) is 0.377. The second-order valence-electron chi connectivity index (χ2n) is 6.45. The normalized spacial score (nSPS) is 12.8. The molecule has 1 atom stereocenters. The lowest BCUT2D eigenvalue weighted by molar-refractivity contribution is 0.317.